The minimum Gasteiger partial charge on any atom is -0.493 e. The first-order chi connectivity index (χ1) is 13.6. The fourth-order valence-electron chi connectivity index (χ4n) is 3.59. The molecule has 0 bridgehead atoms. The number of aromatic nitrogens is 3. The van der Waals surface area contributed by atoms with E-state index in [2.05, 4.69) is 31.3 Å². The number of para-hydroxylation sites is 1. The van der Waals surface area contributed by atoms with Crippen LogP contribution in [-0.2, 0) is 0 Å². The highest BCUT2D eigenvalue weighted by Gasteiger charge is 2.25. The lowest BCUT2D eigenvalue weighted by Gasteiger charge is -2.26. The summed E-state index contributed by atoms with van der Waals surface area (Å²) < 4.78 is 8.18. The zero-order chi connectivity index (χ0) is 19.3. The summed E-state index contributed by atoms with van der Waals surface area (Å²) in [7, 11) is 0. The van der Waals surface area contributed by atoms with Crippen molar-refractivity contribution >= 4 is 38.4 Å². The van der Waals surface area contributed by atoms with Crippen LogP contribution in [-0.4, -0.2) is 27.1 Å². The minimum absolute atomic E-state index is 0.184. The number of fused-ring (bicyclic) bond motifs is 4. The Kier molecular flexibility index (Phi) is 3.94. The normalized spacial score (nSPS) is 16.0. The number of nitrogens with one attached hydrogen (secondary N) is 2. The number of aromatic amines is 1. The maximum atomic E-state index is 13.0. The summed E-state index contributed by atoms with van der Waals surface area (Å²) in [6.45, 7) is 0.524. The summed E-state index contributed by atoms with van der Waals surface area (Å²) in [6, 6.07) is 12.7. The molecule has 8 heteroatoms. The number of amides is 1. The van der Waals surface area contributed by atoms with Gasteiger partial charge in [-0.05, 0) is 30.3 Å². The predicted molar refractivity (Wildman–Crippen MR) is 108 cm³/mol. The second kappa shape index (κ2) is 6.49. The van der Waals surface area contributed by atoms with Crippen LogP contribution >= 0.6 is 15.9 Å². The number of halogens is 1. The molecule has 5 rings (SSSR count). The van der Waals surface area contributed by atoms with Gasteiger partial charge >= 0.3 is 0 Å². The lowest BCUT2D eigenvalue weighted by Crippen LogP contribution is -2.32. The van der Waals surface area contributed by atoms with E-state index in [1.165, 1.54) is 6.20 Å². The highest BCUT2D eigenvalue weighted by Crippen LogP contribution is 2.34. The van der Waals surface area contributed by atoms with Gasteiger partial charge in [0.25, 0.3) is 11.5 Å². The molecule has 1 unspecified atom stereocenters. The lowest BCUT2D eigenvalue weighted by molar-refractivity contribution is 0.0926. The summed E-state index contributed by atoms with van der Waals surface area (Å²) in [4.78, 5) is 28.2. The van der Waals surface area contributed by atoms with Crippen LogP contribution in [0.4, 0.5) is 0 Å². The fraction of sp³-hybridized carbons (Fsp3) is 0.150. The first-order valence-corrected chi connectivity index (χ1v) is 9.63. The van der Waals surface area contributed by atoms with Gasteiger partial charge < -0.3 is 15.0 Å². The molecule has 140 valence electrons. The molecule has 0 saturated carbocycles. The van der Waals surface area contributed by atoms with E-state index in [9.17, 15) is 9.59 Å². The van der Waals surface area contributed by atoms with Crippen molar-refractivity contribution in [1.29, 1.82) is 0 Å². The number of ether oxygens (including phenoxy) is 1. The minimum atomic E-state index is -0.293. The van der Waals surface area contributed by atoms with Crippen molar-refractivity contribution in [3.8, 4) is 5.75 Å². The van der Waals surface area contributed by atoms with Gasteiger partial charge in [0.05, 0.1) is 29.7 Å². The second-order valence-electron chi connectivity index (χ2n) is 6.64. The van der Waals surface area contributed by atoms with Crippen molar-refractivity contribution in [2.24, 2.45) is 0 Å². The standard InChI is InChI=1S/C20H15BrN4O3/c21-11-5-6-17-13(9-11)15(7-8-28-17)23-20(27)14-10-22-25-16-4-2-1-3-12(16)19(26)24-18(14)25/h1-6,9-10,15H,7-8H2,(H,23,27)(H,24,26). The van der Waals surface area contributed by atoms with Crippen LogP contribution < -0.4 is 15.6 Å². The highest BCUT2D eigenvalue weighted by molar-refractivity contribution is 9.10. The summed E-state index contributed by atoms with van der Waals surface area (Å²) in [5.41, 5.74) is 2.02. The average molecular weight is 439 g/mol. The third-order valence-corrected chi connectivity index (χ3v) is 5.43. The van der Waals surface area contributed by atoms with Crippen molar-refractivity contribution in [1.82, 2.24) is 19.9 Å². The van der Waals surface area contributed by atoms with Crippen molar-refractivity contribution in [2.75, 3.05) is 6.61 Å². The van der Waals surface area contributed by atoms with E-state index in [-0.39, 0.29) is 17.5 Å². The van der Waals surface area contributed by atoms with Crippen LogP contribution in [0.2, 0.25) is 0 Å². The zero-order valence-electron chi connectivity index (χ0n) is 14.6. The topological polar surface area (TPSA) is 88.5 Å². The fourth-order valence-corrected chi connectivity index (χ4v) is 3.97. The molecule has 28 heavy (non-hydrogen) atoms. The van der Waals surface area contributed by atoms with Gasteiger partial charge in [0.1, 0.15) is 17.0 Å². The van der Waals surface area contributed by atoms with Crippen LogP contribution in [0, 0.1) is 0 Å². The van der Waals surface area contributed by atoms with Gasteiger partial charge in [-0.3, -0.25) is 9.59 Å². The van der Waals surface area contributed by atoms with E-state index >= 15 is 0 Å². The van der Waals surface area contributed by atoms with Crippen LogP contribution in [0.1, 0.15) is 28.4 Å². The van der Waals surface area contributed by atoms with E-state index in [0.29, 0.717) is 35.1 Å². The number of rotatable bonds is 2. The van der Waals surface area contributed by atoms with Crippen molar-refractivity contribution in [2.45, 2.75) is 12.5 Å². The van der Waals surface area contributed by atoms with Gasteiger partial charge in [-0.2, -0.15) is 5.10 Å². The smallest absolute Gasteiger partial charge is 0.259 e. The lowest BCUT2D eigenvalue weighted by atomic mass is 10.0. The molecule has 0 aliphatic carbocycles. The van der Waals surface area contributed by atoms with E-state index in [0.717, 1.165) is 15.8 Å². The Morgan fingerprint density at radius 3 is 3.04 bits per heavy atom. The Morgan fingerprint density at radius 1 is 1.29 bits per heavy atom. The first-order valence-electron chi connectivity index (χ1n) is 8.84. The molecule has 1 aliphatic heterocycles. The molecule has 0 radical (unpaired) electrons. The molecule has 1 atom stereocenters. The van der Waals surface area contributed by atoms with Crippen molar-refractivity contribution < 1.29 is 9.53 Å². The Hall–Kier alpha value is -3.13. The van der Waals surface area contributed by atoms with Gasteiger partial charge in [-0.15, -0.1) is 0 Å². The number of benzene rings is 2. The van der Waals surface area contributed by atoms with Crippen molar-refractivity contribution in [3.63, 3.8) is 0 Å². The summed E-state index contributed by atoms with van der Waals surface area (Å²) in [6.07, 6.45) is 2.14. The molecule has 1 aliphatic rings. The quantitative estimate of drug-likeness (QED) is 0.502. The van der Waals surface area contributed by atoms with Crippen LogP contribution in [0.3, 0.4) is 0 Å². The third-order valence-electron chi connectivity index (χ3n) is 4.94. The average Bonchev–Trinajstić information content (AvgIpc) is 3.13. The zero-order valence-corrected chi connectivity index (χ0v) is 16.2. The van der Waals surface area contributed by atoms with Crippen LogP contribution in [0.25, 0.3) is 16.6 Å². The Balaban J connectivity index is 1.55. The van der Waals surface area contributed by atoms with Gasteiger partial charge in [0.2, 0.25) is 0 Å². The highest BCUT2D eigenvalue weighted by atomic mass is 79.9. The summed E-state index contributed by atoms with van der Waals surface area (Å²) in [5, 5.41) is 7.88. The number of carbonyl (C=O) groups excluding carboxylic acids is 1. The van der Waals surface area contributed by atoms with E-state index in [4.69, 9.17) is 4.74 Å². The van der Waals surface area contributed by atoms with Crippen LogP contribution in [0.5, 0.6) is 5.75 Å². The molecule has 2 N–H and O–H groups in total. The predicted octanol–water partition coefficient (Wildman–Crippen LogP) is 3.19. The Morgan fingerprint density at radius 2 is 2.14 bits per heavy atom. The number of carbonyl (C=O) groups is 1. The van der Waals surface area contributed by atoms with Gasteiger partial charge in [-0.25, -0.2) is 4.52 Å². The van der Waals surface area contributed by atoms with E-state index in [1.54, 1.807) is 22.7 Å². The number of hydrogen-bond acceptors (Lipinski definition) is 4. The second-order valence-corrected chi connectivity index (χ2v) is 7.55. The van der Waals surface area contributed by atoms with Crippen molar-refractivity contribution in [3.05, 3.63) is 74.6 Å². The molecule has 0 saturated heterocycles. The molecule has 7 nitrogen and oxygen atoms in total. The molecule has 0 spiro atoms. The number of H-pyrrole nitrogens is 1. The van der Waals surface area contributed by atoms with E-state index < -0.39 is 0 Å². The largest absolute Gasteiger partial charge is 0.493 e. The number of nitrogens with zero attached hydrogens (tertiary/aromatic N) is 2. The molecular formula is C20H15BrN4O3. The Labute approximate surface area is 167 Å². The molecule has 4 aromatic rings. The number of hydrogen-bond donors (Lipinski definition) is 2. The summed E-state index contributed by atoms with van der Waals surface area (Å²) >= 11 is 3.47. The summed E-state index contributed by atoms with van der Waals surface area (Å²) in [5.74, 6) is 0.470. The van der Waals surface area contributed by atoms with E-state index in [1.807, 2.05) is 24.3 Å². The van der Waals surface area contributed by atoms with Gasteiger partial charge in [0, 0.05) is 16.5 Å². The molecule has 0 fully saturated rings. The SMILES string of the molecule is O=C(NC1CCOc2ccc(Br)cc21)c1cnn2c1[nH]c(=O)c1ccccc12. The monoisotopic (exact) mass is 438 g/mol. The molecule has 2 aromatic carbocycles. The Bertz CT molecular complexity index is 1290. The third kappa shape index (κ3) is 2.68. The molecule has 1 amide bonds. The molecule has 2 aromatic heterocycles. The maximum absolute atomic E-state index is 13.0. The molecular weight excluding hydrogens is 424 g/mol. The van der Waals surface area contributed by atoms with Gasteiger partial charge in [-0.1, -0.05) is 28.1 Å². The van der Waals surface area contributed by atoms with Crippen LogP contribution in [0.15, 0.2) is 57.9 Å². The first kappa shape index (κ1) is 17.0. The molecule has 3 heterocycles. The maximum Gasteiger partial charge on any atom is 0.259 e. The van der Waals surface area contributed by atoms with Gasteiger partial charge in [0.15, 0.2) is 0 Å².